The first-order valence-electron chi connectivity index (χ1n) is 22.9. The Labute approximate surface area is 366 Å². The number of aromatic nitrogens is 2. The van der Waals surface area contributed by atoms with Gasteiger partial charge in [0.1, 0.15) is 24.0 Å². The summed E-state index contributed by atoms with van der Waals surface area (Å²) in [7, 11) is 0. The number of benzene rings is 6. The number of ether oxygens (including phenoxy) is 1. The Morgan fingerprint density at radius 1 is 0.574 bits per heavy atom. The second kappa shape index (κ2) is 14.7. The number of fused-ring (bicyclic) bond motifs is 4. The van der Waals surface area contributed by atoms with Crippen LogP contribution in [-0.2, 0) is 16.2 Å². The lowest BCUT2D eigenvalue weighted by Gasteiger charge is -2.27. The smallest absolute Gasteiger partial charge is 0.138 e. The molecular weight excluding hydrogens is 745 g/mol. The first kappa shape index (κ1) is 36.5. The fourth-order valence-electron chi connectivity index (χ4n) is 8.87. The van der Waals surface area contributed by atoms with Gasteiger partial charge in [0.05, 0.1) is 22.4 Å². The van der Waals surface area contributed by atoms with Gasteiger partial charge in [-0.05, 0) is 124 Å². The third-order valence-electron chi connectivity index (χ3n) is 12.2. The summed E-state index contributed by atoms with van der Waals surface area (Å²) < 4.78 is 35.0. The van der Waals surface area contributed by atoms with Crippen LogP contribution in [0.1, 0.15) is 94.2 Å². The molecule has 0 N–H and O–H groups in total. The van der Waals surface area contributed by atoms with Crippen LogP contribution in [0, 0.1) is 13.8 Å². The molecule has 0 saturated heterocycles. The van der Waals surface area contributed by atoms with Crippen molar-refractivity contribution in [1.82, 2.24) is 9.55 Å². The van der Waals surface area contributed by atoms with Crippen LogP contribution < -0.4 is 14.5 Å². The summed E-state index contributed by atoms with van der Waals surface area (Å²) >= 11 is 0. The van der Waals surface area contributed by atoms with E-state index in [4.69, 9.17) is 13.8 Å². The summed E-state index contributed by atoms with van der Waals surface area (Å²) in [5, 5.41) is 2.16. The number of hydrogen-bond acceptors (Lipinski definition) is 4. The highest BCUT2D eigenvalue weighted by Gasteiger charge is 2.30. The van der Waals surface area contributed by atoms with Gasteiger partial charge in [-0.1, -0.05) is 123 Å². The highest BCUT2D eigenvalue weighted by molar-refractivity contribution is 6.09. The highest BCUT2D eigenvalue weighted by Crippen LogP contribution is 2.47. The van der Waals surface area contributed by atoms with Crippen LogP contribution in [0.4, 0.5) is 22.7 Å². The topological polar surface area (TPSA) is 33.5 Å². The zero-order valence-corrected chi connectivity index (χ0v) is 37.2. The van der Waals surface area contributed by atoms with Crippen molar-refractivity contribution in [1.29, 1.82) is 0 Å². The number of hydrogen-bond donors (Lipinski definition) is 0. The number of para-hydroxylation sites is 3. The minimum Gasteiger partial charge on any atom is -0.457 e. The van der Waals surface area contributed by atoms with Gasteiger partial charge in [-0.2, -0.15) is 0 Å². The van der Waals surface area contributed by atoms with Crippen molar-refractivity contribution >= 4 is 44.6 Å². The van der Waals surface area contributed by atoms with Crippen LogP contribution in [0.25, 0.3) is 38.8 Å². The Bertz CT molecular complexity index is 3090. The Morgan fingerprint density at radius 2 is 1.25 bits per heavy atom. The number of anilines is 4. The lowest BCUT2D eigenvalue weighted by Crippen LogP contribution is -2.24. The quantitative estimate of drug-likeness (QED) is 0.168. The van der Waals surface area contributed by atoms with Crippen molar-refractivity contribution in [2.45, 2.75) is 92.3 Å². The van der Waals surface area contributed by atoms with Gasteiger partial charge in [-0.15, -0.1) is 0 Å². The molecular formula is C56H58N4O. The molecule has 0 amide bonds. The van der Waals surface area contributed by atoms with E-state index in [1.54, 1.807) is 6.20 Å². The molecule has 0 atom stereocenters. The maximum Gasteiger partial charge on any atom is 0.138 e. The highest BCUT2D eigenvalue weighted by atomic mass is 16.5. The molecule has 2 aromatic heterocycles. The van der Waals surface area contributed by atoms with Crippen molar-refractivity contribution in [3.8, 4) is 28.4 Å². The zero-order chi connectivity index (χ0) is 45.5. The number of pyridine rings is 1. The van der Waals surface area contributed by atoms with Crippen molar-refractivity contribution in [3.05, 3.63) is 167 Å². The molecule has 308 valence electrons. The molecule has 61 heavy (non-hydrogen) atoms. The van der Waals surface area contributed by atoms with E-state index in [1.165, 1.54) is 16.9 Å². The molecule has 0 radical (unpaired) electrons. The molecule has 9 rings (SSSR count). The van der Waals surface area contributed by atoms with Gasteiger partial charge in [0, 0.05) is 50.2 Å². The molecule has 5 heteroatoms. The SMILES string of the molecule is [2H]C([2H])([2H])c1cc(C(C)(C)C)cc(C)c1-c1ccnc(-n2c3ccccc3c3ccc(Oc4cc(N5CN(c6cccc(C(C)(C)C)c6)c6ccccc65)ccc4C(C)(C)C)cc32)c1. The molecule has 0 unspecified atom stereocenters. The average molecular weight is 806 g/mol. The Kier molecular flexibility index (Phi) is 8.79. The summed E-state index contributed by atoms with van der Waals surface area (Å²) in [5.41, 5.74) is 12.3. The van der Waals surface area contributed by atoms with E-state index < -0.39 is 6.85 Å². The maximum absolute atomic E-state index is 8.60. The van der Waals surface area contributed by atoms with Crippen LogP contribution >= 0.6 is 0 Å². The van der Waals surface area contributed by atoms with Gasteiger partial charge in [0.15, 0.2) is 0 Å². The second-order valence-electron chi connectivity index (χ2n) is 19.7. The summed E-state index contributed by atoms with van der Waals surface area (Å²) in [6, 6.07) is 46.7. The third kappa shape index (κ3) is 7.35. The van der Waals surface area contributed by atoms with E-state index in [0.717, 1.165) is 66.7 Å². The van der Waals surface area contributed by atoms with Crippen LogP contribution in [0.3, 0.4) is 0 Å². The molecule has 0 saturated carbocycles. The molecule has 0 fully saturated rings. The minimum absolute atomic E-state index is 0.0331. The first-order chi connectivity index (χ1) is 30.2. The van der Waals surface area contributed by atoms with Crippen LogP contribution in [0.5, 0.6) is 11.5 Å². The van der Waals surface area contributed by atoms with Crippen molar-refractivity contribution in [2.24, 2.45) is 0 Å². The largest absolute Gasteiger partial charge is 0.457 e. The standard InChI is InChI=1S/C56H58N4O/c1-36-29-40(55(6,7)8)30-37(2)53(36)38-27-28-57-52(31-38)60-47-20-13-12-19-44(47)45-25-24-43(34-50(45)60)61-51-33-42(23-26-46(51)56(9,10)11)59-35-58(48-21-14-15-22-49(48)59)41-18-16-17-39(32-41)54(3,4)5/h12-34H,35H2,1-11H3/i1D3. The normalized spacial score (nSPS) is 14.3. The molecule has 1 aliphatic rings. The lowest BCUT2D eigenvalue weighted by atomic mass is 9.83. The third-order valence-corrected chi connectivity index (χ3v) is 12.2. The van der Waals surface area contributed by atoms with E-state index in [9.17, 15) is 0 Å². The lowest BCUT2D eigenvalue weighted by molar-refractivity contribution is 0.456. The summed E-state index contributed by atoms with van der Waals surface area (Å²) in [6.45, 7) is 20.2. The van der Waals surface area contributed by atoms with Gasteiger partial charge in [-0.25, -0.2) is 4.98 Å². The average Bonchev–Trinajstić information content (AvgIpc) is 3.78. The Morgan fingerprint density at radius 3 is 1.95 bits per heavy atom. The number of rotatable bonds is 6. The predicted octanol–water partition coefficient (Wildman–Crippen LogP) is 15.4. The first-order valence-corrected chi connectivity index (χ1v) is 21.4. The fraction of sp³-hybridized carbons (Fsp3) is 0.268. The summed E-state index contributed by atoms with van der Waals surface area (Å²) in [6.07, 6.45) is 1.78. The fourth-order valence-corrected chi connectivity index (χ4v) is 8.87. The van der Waals surface area contributed by atoms with Gasteiger partial charge in [0.25, 0.3) is 0 Å². The molecule has 0 bridgehead atoms. The van der Waals surface area contributed by atoms with Gasteiger partial charge < -0.3 is 14.5 Å². The van der Waals surface area contributed by atoms with Crippen LogP contribution in [0.2, 0.25) is 0 Å². The van der Waals surface area contributed by atoms with Gasteiger partial charge in [0.2, 0.25) is 0 Å². The maximum atomic E-state index is 8.60. The second-order valence-corrected chi connectivity index (χ2v) is 19.7. The van der Waals surface area contributed by atoms with E-state index in [1.807, 2.05) is 31.2 Å². The van der Waals surface area contributed by atoms with E-state index in [-0.39, 0.29) is 16.2 Å². The van der Waals surface area contributed by atoms with Gasteiger partial charge >= 0.3 is 0 Å². The molecule has 0 aliphatic carbocycles. The molecule has 3 heterocycles. The number of aryl methyl sites for hydroxylation is 2. The predicted molar refractivity (Wildman–Crippen MR) is 258 cm³/mol. The number of nitrogens with zero attached hydrogens (tertiary/aromatic N) is 4. The molecule has 8 aromatic rings. The minimum atomic E-state index is -2.30. The molecule has 5 nitrogen and oxygen atoms in total. The van der Waals surface area contributed by atoms with Crippen LogP contribution in [0.15, 0.2) is 140 Å². The van der Waals surface area contributed by atoms with E-state index in [0.29, 0.717) is 23.8 Å². The summed E-state index contributed by atoms with van der Waals surface area (Å²) in [5.74, 6) is 2.19. The Balaban J connectivity index is 1.14. The zero-order valence-electron chi connectivity index (χ0n) is 40.2. The van der Waals surface area contributed by atoms with Crippen molar-refractivity contribution in [3.63, 3.8) is 0 Å². The van der Waals surface area contributed by atoms with E-state index >= 15 is 0 Å². The molecule has 0 spiro atoms. The Hall–Kier alpha value is -6.33. The van der Waals surface area contributed by atoms with Crippen molar-refractivity contribution < 1.29 is 8.85 Å². The van der Waals surface area contributed by atoms with E-state index in [2.05, 4.69) is 186 Å². The van der Waals surface area contributed by atoms with Crippen LogP contribution in [-0.4, -0.2) is 16.2 Å². The molecule has 1 aliphatic heterocycles. The monoisotopic (exact) mass is 805 g/mol. The summed E-state index contributed by atoms with van der Waals surface area (Å²) in [4.78, 5) is 9.70. The van der Waals surface area contributed by atoms with Gasteiger partial charge in [-0.3, -0.25) is 4.57 Å². The molecule has 6 aromatic carbocycles. The van der Waals surface area contributed by atoms with Crippen molar-refractivity contribution in [2.75, 3.05) is 16.5 Å².